The van der Waals surface area contributed by atoms with Crippen molar-refractivity contribution in [2.24, 2.45) is 0 Å². The first-order chi connectivity index (χ1) is 12.9. The lowest BCUT2D eigenvalue weighted by atomic mass is 10.2. The smallest absolute Gasteiger partial charge is 0.225 e. The molecule has 0 aliphatic carbocycles. The summed E-state index contributed by atoms with van der Waals surface area (Å²) in [5, 5.41) is 4.53. The SMILES string of the molecule is c1ccc(CCNc2nc(N3CCCCCC3)c3ccccc3n2)nc1. The molecular weight excluding hydrogens is 322 g/mol. The Morgan fingerprint density at radius 1 is 0.885 bits per heavy atom. The molecule has 2 aromatic heterocycles. The number of fused-ring (bicyclic) bond motifs is 1. The second-order valence-electron chi connectivity index (χ2n) is 6.79. The van der Waals surface area contributed by atoms with Gasteiger partial charge in [-0.1, -0.05) is 31.0 Å². The van der Waals surface area contributed by atoms with Crippen LogP contribution in [0, 0.1) is 0 Å². The first kappa shape index (κ1) is 16.8. The molecule has 1 saturated heterocycles. The number of nitrogens with one attached hydrogen (secondary N) is 1. The Morgan fingerprint density at radius 3 is 2.50 bits per heavy atom. The maximum absolute atomic E-state index is 4.88. The Kier molecular flexibility index (Phi) is 5.24. The van der Waals surface area contributed by atoms with Gasteiger partial charge in [-0.3, -0.25) is 4.98 Å². The van der Waals surface area contributed by atoms with Crippen LogP contribution in [-0.2, 0) is 6.42 Å². The molecule has 3 aromatic rings. The van der Waals surface area contributed by atoms with Gasteiger partial charge < -0.3 is 10.2 Å². The summed E-state index contributed by atoms with van der Waals surface area (Å²) in [6, 6.07) is 14.3. The van der Waals surface area contributed by atoms with Crippen molar-refractivity contribution >= 4 is 22.7 Å². The summed E-state index contributed by atoms with van der Waals surface area (Å²) < 4.78 is 0. The summed E-state index contributed by atoms with van der Waals surface area (Å²) in [5.41, 5.74) is 2.08. The summed E-state index contributed by atoms with van der Waals surface area (Å²) in [4.78, 5) is 16.4. The highest BCUT2D eigenvalue weighted by Crippen LogP contribution is 2.27. The Bertz CT molecular complexity index is 841. The summed E-state index contributed by atoms with van der Waals surface area (Å²) >= 11 is 0. The van der Waals surface area contributed by atoms with E-state index in [-0.39, 0.29) is 0 Å². The number of rotatable bonds is 5. The van der Waals surface area contributed by atoms with Gasteiger partial charge in [0.05, 0.1) is 5.52 Å². The molecule has 1 fully saturated rings. The van der Waals surface area contributed by atoms with Gasteiger partial charge in [-0.15, -0.1) is 0 Å². The molecule has 5 nitrogen and oxygen atoms in total. The van der Waals surface area contributed by atoms with Crippen molar-refractivity contribution in [3.63, 3.8) is 0 Å². The highest BCUT2D eigenvalue weighted by molar-refractivity contribution is 5.90. The molecule has 0 spiro atoms. The molecule has 0 bridgehead atoms. The van der Waals surface area contributed by atoms with E-state index in [2.05, 4.69) is 33.4 Å². The largest absolute Gasteiger partial charge is 0.356 e. The fourth-order valence-corrected chi connectivity index (χ4v) is 3.51. The molecule has 134 valence electrons. The van der Waals surface area contributed by atoms with Crippen molar-refractivity contribution < 1.29 is 0 Å². The second kappa shape index (κ2) is 8.13. The number of nitrogens with zero attached hydrogens (tertiary/aromatic N) is 4. The normalized spacial score (nSPS) is 15.0. The fraction of sp³-hybridized carbons (Fsp3) is 0.381. The van der Waals surface area contributed by atoms with Crippen molar-refractivity contribution in [1.29, 1.82) is 0 Å². The molecule has 1 aromatic carbocycles. The Labute approximate surface area is 154 Å². The third-order valence-electron chi connectivity index (χ3n) is 4.88. The molecular formula is C21H25N5. The standard InChI is InChI=1S/C21H25N5/c1-2-8-16-26(15-7-1)20-18-10-3-4-11-19(18)24-21(25-20)23-14-12-17-9-5-6-13-22-17/h3-6,9-11,13H,1-2,7-8,12,14-16H2,(H,23,24,25). The molecule has 1 aliphatic rings. The summed E-state index contributed by atoms with van der Waals surface area (Å²) in [7, 11) is 0. The van der Waals surface area contributed by atoms with Gasteiger partial charge in [-0.05, 0) is 37.1 Å². The van der Waals surface area contributed by atoms with E-state index in [4.69, 9.17) is 9.97 Å². The van der Waals surface area contributed by atoms with Gasteiger partial charge in [-0.25, -0.2) is 4.98 Å². The third kappa shape index (κ3) is 3.93. The molecule has 0 saturated carbocycles. The van der Waals surface area contributed by atoms with E-state index >= 15 is 0 Å². The first-order valence-corrected chi connectivity index (χ1v) is 9.56. The topological polar surface area (TPSA) is 53.9 Å². The van der Waals surface area contributed by atoms with Crippen LogP contribution in [0.1, 0.15) is 31.4 Å². The Balaban J connectivity index is 1.56. The van der Waals surface area contributed by atoms with E-state index in [1.165, 1.54) is 25.7 Å². The number of benzene rings is 1. The Hall–Kier alpha value is -2.69. The van der Waals surface area contributed by atoms with Gasteiger partial charge in [0.25, 0.3) is 0 Å². The van der Waals surface area contributed by atoms with Crippen LogP contribution >= 0.6 is 0 Å². The van der Waals surface area contributed by atoms with E-state index in [1.54, 1.807) is 0 Å². The minimum atomic E-state index is 0.707. The van der Waals surface area contributed by atoms with Crippen molar-refractivity contribution in [1.82, 2.24) is 15.0 Å². The van der Waals surface area contributed by atoms with Gasteiger partial charge in [0.1, 0.15) is 5.82 Å². The molecule has 0 unspecified atom stereocenters. The van der Waals surface area contributed by atoms with Crippen LogP contribution in [0.3, 0.4) is 0 Å². The number of hydrogen-bond donors (Lipinski definition) is 1. The maximum atomic E-state index is 4.88. The lowest BCUT2D eigenvalue weighted by Crippen LogP contribution is -2.25. The molecule has 1 aliphatic heterocycles. The minimum absolute atomic E-state index is 0.707. The average molecular weight is 347 g/mol. The van der Waals surface area contributed by atoms with E-state index in [1.807, 2.05) is 30.5 Å². The zero-order valence-corrected chi connectivity index (χ0v) is 15.1. The van der Waals surface area contributed by atoms with Crippen LogP contribution in [0.5, 0.6) is 0 Å². The van der Waals surface area contributed by atoms with Crippen LogP contribution in [0.15, 0.2) is 48.7 Å². The summed E-state index contributed by atoms with van der Waals surface area (Å²) in [6.45, 7) is 2.93. The van der Waals surface area contributed by atoms with E-state index in [9.17, 15) is 0 Å². The highest BCUT2D eigenvalue weighted by atomic mass is 15.2. The minimum Gasteiger partial charge on any atom is -0.356 e. The molecule has 26 heavy (non-hydrogen) atoms. The van der Waals surface area contributed by atoms with Crippen LogP contribution in [0.25, 0.3) is 10.9 Å². The predicted molar refractivity (Wildman–Crippen MR) is 107 cm³/mol. The van der Waals surface area contributed by atoms with Gasteiger partial charge in [-0.2, -0.15) is 4.98 Å². The fourth-order valence-electron chi connectivity index (χ4n) is 3.51. The number of aromatic nitrogens is 3. The van der Waals surface area contributed by atoms with Gasteiger partial charge in [0.2, 0.25) is 5.95 Å². The van der Waals surface area contributed by atoms with Crippen LogP contribution in [-0.4, -0.2) is 34.6 Å². The van der Waals surface area contributed by atoms with Gasteiger partial charge >= 0.3 is 0 Å². The maximum Gasteiger partial charge on any atom is 0.225 e. The monoisotopic (exact) mass is 347 g/mol. The average Bonchev–Trinajstić information content (AvgIpc) is 2.98. The molecule has 5 heteroatoms. The number of pyridine rings is 1. The van der Waals surface area contributed by atoms with E-state index < -0.39 is 0 Å². The van der Waals surface area contributed by atoms with Crippen LogP contribution < -0.4 is 10.2 Å². The lowest BCUT2D eigenvalue weighted by molar-refractivity contribution is 0.726. The zero-order chi connectivity index (χ0) is 17.6. The quantitative estimate of drug-likeness (QED) is 0.754. The molecule has 0 radical (unpaired) electrons. The lowest BCUT2D eigenvalue weighted by Gasteiger charge is -2.23. The number of anilines is 2. The molecule has 0 atom stereocenters. The van der Waals surface area contributed by atoms with E-state index in [0.29, 0.717) is 5.95 Å². The van der Waals surface area contributed by atoms with Crippen molar-refractivity contribution in [3.8, 4) is 0 Å². The van der Waals surface area contributed by atoms with Crippen molar-refractivity contribution in [2.75, 3.05) is 29.9 Å². The molecule has 0 amide bonds. The van der Waals surface area contributed by atoms with E-state index in [0.717, 1.165) is 48.5 Å². The first-order valence-electron chi connectivity index (χ1n) is 9.56. The van der Waals surface area contributed by atoms with Crippen LogP contribution in [0.4, 0.5) is 11.8 Å². The second-order valence-corrected chi connectivity index (χ2v) is 6.79. The van der Waals surface area contributed by atoms with Gasteiger partial charge in [0.15, 0.2) is 0 Å². The number of hydrogen-bond acceptors (Lipinski definition) is 5. The van der Waals surface area contributed by atoms with Crippen molar-refractivity contribution in [2.45, 2.75) is 32.1 Å². The predicted octanol–water partition coefficient (Wildman–Crippen LogP) is 4.06. The highest BCUT2D eigenvalue weighted by Gasteiger charge is 2.16. The summed E-state index contributed by atoms with van der Waals surface area (Å²) in [5.74, 6) is 1.77. The third-order valence-corrected chi connectivity index (χ3v) is 4.88. The molecule has 1 N–H and O–H groups in total. The molecule has 3 heterocycles. The van der Waals surface area contributed by atoms with Gasteiger partial charge in [0, 0.05) is 43.3 Å². The van der Waals surface area contributed by atoms with Crippen molar-refractivity contribution in [3.05, 3.63) is 54.4 Å². The van der Waals surface area contributed by atoms with Crippen LogP contribution in [0.2, 0.25) is 0 Å². The number of para-hydroxylation sites is 1. The summed E-state index contributed by atoms with van der Waals surface area (Å²) in [6.07, 6.45) is 7.79. The Morgan fingerprint density at radius 2 is 1.69 bits per heavy atom. The molecule has 4 rings (SSSR count). The zero-order valence-electron chi connectivity index (χ0n) is 15.1.